The van der Waals surface area contributed by atoms with Gasteiger partial charge in [0, 0.05) is 37.0 Å². The van der Waals surface area contributed by atoms with Gasteiger partial charge < -0.3 is 9.13 Å². The van der Waals surface area contributed by atoms with E-state index in [9.17, 15) is 0 Å². The molecule has 0 bridgehead atoms. The third-order valence-electron chi connectivity index (χ3n) is 12.5. The largest absolute Gasteiger partial charge is 0.309 e. The first-order valence-corrected chi connectivity index (χ1v) is 20.2. The standard InChI is InChI=1S/C53H32N2S/c1-2-14-34-31-36(29-27-33(34)13-1)54-46-23-7-4-16-39(46)41-32-35(28-30-48(41)54)37-17-11-22-45-52(37)56-50-26-10-6-20-43(50)53(45)42-19-5-9-25-49(42)55-47-24-8-3-15-38(47)40-18-12-21-44(53)51(40)55/h1-32H. The van der Waals surface area contributed by atoms with E-state index in [1.807, 2.05) is 11.8 Å². The first-order chi connectivity index (χ1) is 27.8. The van der Waals surface area contributed by atoms with E-state index in [-0.39, 0.29) is 0 Å². The maximum atomic E-state index is 2.52. The van der Waals surface area contributed by atoms with Crippen molar-refractivity contribution in [2.24, 2.45) is 0 Å². The predicted molar refractivity (Wildman–Crippen MR) is 234 cm³/mol. The molecule has 1 atom stereocenters. The molecule has 0 amide bonds. The molecule has 2 aromatic heterocycles. The van der Waals surface area contributed by atoms with Gasteiger partial charge in [0.1, 0.15) is 0 Å². The molecule has 4 heterocycles. The van der Waals surface area contributed by atoms with Crippen molar-refractivity contribution in [3.63, 3.8) is 0 Å². The number of fused-ring (bicyclic) bond motifs is 15. The molecule has 0 radical (unpaired) electrons. The molecular weight excluding hydrogens is 697 g/mol. The highest BCUT2D eigenvalue weighted by Crippen LogP contribution is 2.61. The van der Waals surface area contributed by atoms with Crippen molar-refractivity contribution in [1.82, 2.24) is 9.13 Å². The Morgan fingerprint density at radius 2 is 1.04 bits per heavy atom. The van der Waals surface area contributed by atoms with Gasteiger partial charge in [-0.1, -0.05) is 157 Å². The summed E-state index contributed by atoms with van der Waals surface area (Å²) in [4.78, 5) is 2.62. The smallest absolute Gasteiger partial charge is 0.0764 e. The first kappa shape index (κ1) is 30.5. The summed E-state index contributed by atoms with van der Waals surface area (Å²) >= 11 is 1.92. The number of rotatable bonds is 2. The lowest BCUT2D eigenvalue weighted by molar-refractivity contribution is 0.690. The van der Waals surface area contributed by atoms with Gasteiger partial charge in [-0.2, -0.15) is 0 Å². The van der Waals surface area contributed by atoms with E-state index in [0.29, 0.717) is 0 Å². The fraction of sp³-hybridized carbons (Fsp3) is 0.0189. The second-order valence-corrected chi connectivity index (χ2v) is 16.3. The Hall–Kier alpha value is -6.81. The lowest BCUT2D eigenvalue weighted by Crippen LogP contribution is -2.37. The van der Waals surface area contributed by atoms with Gasteiger partial charge in [-0.3, -0.25) is 0 Å². The van der Waals surface area contributed by atoms with Crippen LogP contribution in [-0.4, -0.2) is 9.13 Å². The van der Waals surface area contributed by atoms with Crippen molar-refractivity contribution in [3.05, 3.63) is 216 Å². The molecule has 0 saturated heterocycles. The summed E-state index contributed by atoms with van der Waals surface area (Å²) in [6.45, 7) is 0. The quantitative estimate of drug-likeness (QED) is 0.172. The maximum absolute atomic E-state index is 2.52. The third-order valence-corrected chi connectivity index (χ3v) is 13.8. The normalized spacial score (nSPS) is 15.5. The van der Waals surface area contributed by atoms with Crippen LogP contribution in [0.25, 0.3) is 76.9 Å². The van der Waals surface area contributed by atoms with Gasteiger partial charge >= 0.3 is 0 Å². The number of aromatic nitrogens is 2. The van der Waals surface area contributed by atoms with Crippen molar-refractivity contribution >= 4 is 66.1 Å². The molecule has 2 aliphatic heterocycles. The van der Waals surface area contributed by atoms with E-state index in [0.717, 1.165) is 0 Å². The molecule has 2 nitrogen and oxygen atoms in total. The summed E-state index contributed by atoms with van der Waals surface area (Å²) in [5.41, 5.74) is 14.7. The molecule has 11 aromatic rings. The molecule has 0 N–H and O–H groups in total. The van der Waals surface area contributed by atoms with E-state index >= 15 is 0 Å². The van der Waals surface area contributed by atoms with Gasteiger partial charge in [0.2, 0.25) is 0 Å². The van der Waals surface area contributed by atoms with Crippen molar-refractivity contribution in [2.45, 2.75) is 15.2 Å². The Balaban J connectivity index is 1.10. The van der Waals surface area contributed by atoms with Crippen LogP contribution in [0, 0.1) is 0 Å². The lowest BCUT2D eigenvalue weighted by atomic mass is 9.62. The van der Waals surface area contributed by atoms with Crippen LogP contribution in [0.4, 0.5) is 0 Å². The van der Waals surface area contributed by atoms with Crippen LogP contribution in [-0.2, 0) is 5.41 Å². The molecule has 56 heavy (non-hydrogen) atoms. The van der Waals surface area contributed by atoms with Crippen LogP contribution in [0.1, 0.15) is 22.3 Å². The highest BCUT2D eigenvalue weighted by atomic mass is 32.2. The van der Waals surface area contributed by atoms with Gasteiger partial charge in [0.25, 0.3) is 0 Å². The fourth-order valence-corrected chi connectivity index (χ4v) is 11.6. The summed E-state index contributed by atoms with van der Waals surface area (Å²) in [5.74, 6) is 0. The monoisotopic (exact) mass is 728 g/mol. The van der Waals surface area contributed by atoms with Gasteiger partial charge in [-0.25, -0.2) is 0 Å². The number of para-hydroxylation sites is 4. The second kappa shape index (κ2) is 11.1. The molecule has 260 valence electrons. The molecule has 3 heteroatoms. The molecule has 9 aromatic carbocycles. The van der Waals surface area contributed by atoms with Crippen LogP contribution >= 0.6 is 11.8 Å². The van der Waals surface area contributed by atoms with Crippen LogP contribution in [0.5, 0.6) is 0 Å². The molecule has 0 aliphatic carbocycles. The Bertz CT molecular complexity index is 3470. The van der Waals surface area contributed by atoms with E-state index in [2.05, 4.69) is 203 Å². The highest BCUT2D eigenvalue weighted by molar-refractivity contribution is 7.99. The van der Waals surface area contributed by atoms with Gasteiger partial charge in [0.05, 0.1) is 33.2 Å². The SMILES string of the molecule is c1ccc2c(c1)Sc1c(-c3ccc4c(c3)c3ccccc3n4-c3ccc4ccccc4c3)cccc1C21c2ccccc2-n2c3ccccc3c3cccc1c32. The molecule has 0 fully saturated rings. The second-order valence-electron chi connectivity index (χ2n) is 15.2. The van der Waals surface area contributed by atoms with Gasteiger partial charge in [-0.15, -0.1) is 0 Å². The number of hydrogen-bond donors (Lipinski definition) is 0. The molecule has 0 saturated carbocycles. The third kappa shape index (κ3) is 3.83. The topological polar surface area (TPSA) is 9.86 Å². The first-order valence-electron chi connectivity index (χ1n) is 19.4. The number of hydrogen-bond acceptors (Lipinski definition) is 1. The minimum Gasteiger partial charge on any atom is -0.309 e. The maximum Gasteiger partial charge on any atom is 0.0764 e. The van der Waals surface area contributed by atoms with Gasteiger partial charge in [-0.05, 0) is 92.7 Å². The minimum atomic E-state index is -0.510. The summed E-state index contributed by atoms with van der Waals surface area (Å²) in [6.07, 6.45) is 0. The molecule has 13 rings (SSSR count). The van der Waals surface area contributed by atoms with Crippen LogP contribution in [0.15, 0.2) is 204 Å². The highest BCUT2D eigenvalue weighted by Gasteiger charge is 2.49. The summed E-state index contributed by atoms with van der Waals surface area (Å²) in [5, 5.41) is 7.61. The van der Waals surface area contributed by atoms with Crippen molar-refractivity contribution < 1.29 is 0 Å². The van der Waals surface area contributed by atoms with Crippen LogP contribution in [0.2, 0.25) is 0 Å². The summed E-state index contributed by atoms with van der Waals surface area (Å²) in [7, 11) is 0. The Morgan fingerprint density at radius 3 is 1.93 bits per heavy atom. The lowest BCUT2D eigenvalue weighted by Gasteiger charge is -2.45. The minimum absolute atomic E-state index is 0.510. The zero-order chi connectivity index (χ0) is 36.5. The van der Waals surface area contributed by atoms with Crippen molar-refractivity contribution in [1.29, 1.82) is 0 Å². The van der Waals surface area contributed by atoms with E-state index < -0.39 is 5.41 Å². The molecule has 1 unspecified atom stereocenters. The Labute approximate surface area is 327 Å². The number of benzene rings is 9. The van der Waals surface area contributed by atoms with Gasteiger partial charge in [0.15, 0.2) is 0 Å². The van der Waals surface area contributed by atoms with Crippen molar-refractivity contribution in [3.8, 4) is 22.5 Å². The van der Waals surface area contributed by atoms with Crippen LogP contribution < -0.4 is 0 Å². The molecule has 1 spiro atoms. The average molecular weight is 729 g/mol. The van der Waals surface area contributed by atoms with E-state index in [1.54, 1.807) is 0 Å². The summed E-state index contributed by atoms with van der Waals surface area (Å²) in [6, 6.07) is 72.6. The Kier molecular flexibility index (Phi) is 6.06. The fourth-order valence-electron chi connectivity index (χ4n) is 10.3. The zero-order valence-electron chi connectivity index (χ0n) is 30.3. The molecular formula is C53H32N2S. The van der Waals surface area contributed by atoms with Crippen LogP contribution in [0.3, 0.4) is 0 Å². The predicted octanol–water partition coefficient (Wildman–Crippen LogP) is 13.9. The number of nitrogens with zero attached hydrogens (tertiary/aromatic N) is 2. The van der Waals surface area contributed by atoms with E-state index in [4.69, 9.17) is 0 Å². The van der Waals surface area contributed by atoms with Crippen molar-refractivity contribution in [2.75, 3.05) is 0 Å². The Morgan fingerprint density at radius 1 is 0.393 bits per heavy atom. The average Bonchev–Trinajstić information content (AvgIpc) is 3.78. The zero-order valence-corrected chi connectivity index (χ0v) is 31.1. The molecule has 2 aliphatic rings. The summed E-state index contributed by atoms with van der Waals surface area (Å²) < 4.78 is 4.95. The van der Waals surface area contributed by atoms with E-state index in [1.165, 1.54) is 109 Å².